The molecule has 22 heavy (non-hydrogen) atoms. The Labute approximate surface area is 129 Å². The molecule has 1 aliphatic rings. The van der Waals surface area contributed by atoms with Crippen LogP contribution in [0.25, 0.3) is 0 Å². The van der Waals surface area contributed by atoms with Gasteiger partial charge in [-0.25, -0.2) is 0 Å². The van der Waals surface area contributed by atoms with Crippen molar-refractivity contribution in [2.45, 2.75) is 45.6 Å². The van der Waals surface area contributed by atoms with E-state index in [1.165, 1.54) is 17.1 Å². The van der Waals surface area contributed by atoms with E-state index in [-0.39, 0.29) is 30.1 Å². The molecular weight excluding hydrogens is 286 g/mol. The van der Waals surface area contributed by atoms with Crippen molar-refractivity contribution >= 4 is 23.6 Å². The molecule has 0 aromatic carbocycles. The lowest BCUT2D eigenvalue weighted by Gasteiger charge is -2.19. The van der Waals surface area contributed by atoms with E-state index in [2.05, 4.69) is 5.32 Å². The topological polar surface area (TPSA) is 110 Å². The van der Waals surface area contributed by atoms with E-state index in [1.807, 2.05) is 13.8 Å². The summed E-state index contributed by atoms with van der Waals surface area (Å²) in [6.07, 6.45) is 4.79. The molecular formula is C15H23N3O4. The molecule has 122 valence electrons. The first-order valence-corrected chi connectivity index (χ1v) is 7.45. The Morgan fingerprint density at radius 1 is 1.14 bits per heavy atom. The highest BCUT2D eigenvalue weighted by molar-refractivity contribution is 6.12. The van der Waals surface area contributed by atoms with Crippen molar-refractivity contribution < 1.29 is 19.2 Å². The van der Waals surface area contributed by atoms with Gasteiger partial charge in [0.05, 0.1) is 0 Å². The van der Waals surface area contributed by atoms with E-state index < -0.39 is 11.9 Å². The summed E-state index contributed by atoms with van der Waals surface area (Å²) in [5.74, 6) is -1.39. The lowest BCUT2D eigenvalue weighted by molar-refractivity contribution is -0.137. The lowest BCUT2D eigenvalue weighted by Crippen LogP contribution is -2.47. The van der Waals surface area contributed by atoms with E-state index in [4.69, 9.17) is 5.73 Å². The number of nitrogens with one attached hydrogen (secondary N) is 1. The molecule has 4 amide bonds. The lowest BCUT2D eigenvalue weighted by atomic mass is 10.0. The minimum Gasteiger partial charge on any atom is -0.368 e. The summed E-state index contributed by atoms with van der Waals surface area (Å²) in [7, 11) is 0. The second-order valence-corrected chi connectivity index (χ2v) is 5.66. The van der Waals surface area contributed by atoms with Crippen LogP contribution in [0.4, 0.5) is 0 Å². The molecule has 1 rings (SSSR count). The number of imide groups is 1. The molecule has 0 saturated carbocycles. The van der Waals surface area contributed by atoms with Gasteiger partial charge in [-0.3, -0.25) is 24.1 Å². The minimum atomic E-state index is -0.654. The molecule has 0 spiro atoms. The van der Waals surface area contributed by atoms with Crippen LogP contribution >= 0.6 is 0 Å². The fourth-order valence-electron chi connectivity index (χ4n) is 2.20. The quantitative estimate of drug-likeness (QED) is 0.465. The van der Waals surface area contributed by atoms with Crippen LogP contribution in [0.2, 0.25) is 0 Å². The number of amides is 4. The van der Waals surface area contributed by atoms with Crippen molar-refractivity contribution in [1.29, 1.82) is 0 Å². The number of unbranched alkanes of at least 4 members (excludes halogenated alkanes) is 2. The largest absolute Gasteiger partial charge is 0.368 e. The first kappa shape index (κ1) is 17.9. The summed E-state index contributed by atoms with van der Waals surface area (Å²) in [5.41, 5.74) is 5.23. The maximum atomic E-state index is 11.7. The molecule has 0 aromatic heterocycles. The Balaban J connectivity index is 2.19. The number of carbonyl (C=O) groups is 4. The van der Waals surface area contributed by atoms with E-state index >= 15 is 0 Å². The van der Waals surface area contributed by atoms with Gasteiger partial charge < -0.3 is 11.1 Å². The zero-order chi connectivity index (χ0) is 16.7. The van der Waals surface area contributed by atoms with E-state index in [0.29, 0.717) is 25.8 Å². The first-order chi connectivity index (χ1) is 10.3. The normalized spacial score (nSPS) is 15.5. The van der Waals surface area contributed by atoms with Gasteiger partial charge in [0.1, 0.15) is 6.04 Å². The van der Waals surface area contributed by atoms with Crippen LogP contribution in [0.3, 0.4) is 0 Å². The van der Waals surface area contributed by atoms with Crippen LogP contribution in [0, 0.1) is 5.92 Å². The number of rotatable bonds is 9. The smallest absolute Gasteiger partial charge is 0.253 e. The summed E-state index contributed by atoms with van der Waals surface area (Å²) < 4.78 is 0. The highest BCUT2D eigenvalue weighted by atomic mass is 16.2. The predicted molar refractivity (Wildman–Crippen MR) is 80.3 cm³/mol. The molecule has 1 atom stereocenters. The van der Waals surface area contributed by atoms with Crippen LogP contribution in [-0.4, -0.2) is 41.1 Å². The Morgan fingerprint density at radius 2 is 1.73 bits per heavy atom. The average molecular weight is 309 g/mol. The van der Waals surface area contributed by atoms with Gasteiger partial charge in [-0.2, -0.15) is 0 Å². The van der Waals surface area contributed by atoms with Crippen molar-refractivity contribution in [3.05, 3.63) is 12.2 Å². The molecule has 0 fully saturated rings. The SMILES string of the molecule is CC(C)[C@H](NC(=O)CCCCCN1C(=O)C=CC1=O)C(N)=O. The summed E-state index contributed by atoms with van der Waals surface area (Å²) in [6, 6.07) is -0.654. The number of hydrogen-bond donors (Lipinski definition) is 2. The number of hydrogen-bond acceptors (Lipinski definition) is 4. The van der Waals surface area contributed by atoms with Crippen LogP contribution in [-0.2, 0) is 19.2 Å². The van der Waals surface area contributed by atoms with Gasteiger partial charge in [0.15, 0.2) is 0 Å². The highest BCUT2D eigenvalue weighted by Crippen LogP contribution is 2.08. The van der Waals surface area contributed by atoms with E-state index in [0.717, 1.165) is 0 Å². The Hall–Kier alpha value is -2.18. The van der Waals surface area contributed by atoms with Gasteiger partial charge in [-0.1, -0.05) is 20.3 Å². The van der Waals surface area contributed by atoms with E-state index in [9.17, 15) is 19.2 Å². The molecule has 7 nitrogen and oxygen atoms in total. The van der Waals surface area contributed by atoms with Crippen molar-refractivity contribution in [1.82, 2.24) is 10.2 Å². The first-order valence-electron chi connectivity index (χ1n) is 7.45. The highest BCUT2D eigenvalue weighted by Gasteiger charge is 2.23. The molecule has 7 heteroatoms. The number of primary amides is 1. The molecule has 0 saturated heterocycles. The van der Waals surface area contributed by atoms with Crippen LogP contribution in [0.1, 0.15) is 39.5 Å². The molecule has 1 aliphatic heterocycles. The molecule has 0 aromatic rings. The minimum absolute atomic E-state index is 0.0545. The second kappa shape index (κ2) is 8.31. The molecule has 3 N–H and O–H groups in total. The number of nitrogens with two attached hydrogens (primary N) is 1. The summed E-state index contributed by atoms with van der Waals surface area (Å²) in [6.45, 7) is 3.99. The van der Waals surface area contributed by atoms with Crippen molar-refractivity contribution in [2.24, 2.45) is 11.7 Å². The van der Waals surface area contributed by atoms with Crippen LogP contribution in [0.5, 0.6) is 0 Å². The maximum absolute atomic E-state index is 11.7. The third-order valence-electron chi connectivity index (χ3n) is 3.48. The molecule has 0 unspecified atom stereocenters. The average Bonchev–Trinajstić information content (AvgIpc) is 2.75. The summed E-state index contributed by atoms with van der Waals surface area (Å²) >= 11 is 0. The van der Waals surface area contributed by atoms with Gasteiger partial charge in [0, 0.05) is 25.1 Å². The third-order valence-corrected chi connectivity index (χ3v) is 3.48. The maximum Gasteiger partial charge on any atom is 0.253 e. The zero-order valence-electron chi connectivity index (χ0n) is 13.0. The standard InChI is InChI=1S/C15H23N3O4/c1-10(2)14(15(16)22)17-11(19)6-4-3-5-9-18-12(20)7-8-13(18)21/h7-8,10,14H,3-6,9H2,1-2H3,(H2,16,22)(H,17,19)/t14-/m0/s1. The van der Waals surface area contributed by atoms with Gasteiger partial charge in [-0.05, 0) is 18.8 Å². The Bertz CT molecular complexity index is 467. The third kappa shape index (κ3) is 5.31. The molecule has 1 heterocycles. The zero-order valence-corrected chi connectivity index (χ0v) is 13.0. The summed E-state index contributed by atoms with van der Waals surface area (Å²) in [4.78, 5) is 46.7. The van der Waals surface area contributed by atoms with Crippen LogP contribution in [0.15, 0.2) is 12.2 Å². The Kier molecular flexibility index (Phi) is 6.75. The van der Waals surface area contributed by atoms with Gasteiger partial charge >= 0.3 is 0 Å². The Morgan fingerprint density at radius 3 is 2.23 bits per heavy atom. The van der Waals surface area contributed by atoms with E-state index in [1.54, 1.807) is 0 Å². The fourth-order valence-corrected chi connectivity index (χ4v) is 2.20. The van der Waals surface area contributed by atoms with Crippen LogP contribution < -0.4 is 11.1 Å². The number of nitrogens with zero attached hydrogens (tertiary/aromatic N) is 1. The summed E-state index contributed by atoms with van der Waals surface area (Å²) in [5, 5.41) is 2.62. The van der Waals surface area contributed by atoms with Gasteiger partial charge in [-0.15, -0.1) is 0 Å². The molecule has 0 radical (unpaired) electrons. The predicted octanol–water partition coefficient (Wildman–Crippen LogP) is 0.0979. The second-order valence-electron chi connectivity index (χ2n) is 5.66. The monoisotopic (exact) mass is 309 g/mol. The molecule has 0 aliphatic carbocycles. The van der Waals surface area contributed by atoms with Gasteiger partial charge in [0.2, 0.25) is 11.8 Å². The van der Waals surface area contributed by atoms with Crippen molar-refractivity contribution in [3.8, 4) is 0 Å². The molecule has 0 bridgehead atoms. The fraction of sp³-hybridized carbons (Fsp3) is 0.600. The van der Waals surface area contributed by atoms with Crippen molar-refractivity contribution in [3.63, 3.8) is 0 Å². The van der Waals surface area contributed by atoms with Crippen molar-refractivity contribution in [2.75, 3.05) is 6.54 Å². The van der Waals surface area contributed by atoms with Gasteiger partial charge in [0.25, 0.3) is 11.8 Å². The number of carbonyl (C=O) groups excluding carboxylic acids is 4.